The Morgan fingerprint density at radius 1 is 1.30 bits per heavy atom. The molecule has 0 aromatic heterocycles. The van der Waals surface area contributed by atoms with E-state index < -0.39 is 5.97 Å². The van der Waals surface area contributed by atoms with Crippen molar-refractivity contribution < 1.29 is 14.7 Å². The predicted molar refractivity (Wildman–Crippen MR) is 79.4 cm³/mol. The van der Waals surface area contributed by atoms with E-state index in [2.05, 4.69) is 13.5 Å². The maximum Gasteiger partial charge on any atom is 0.323 e. The summed E-state index contributed by atoms with van der Waals surface area (Å²) in [5.41, 5.74) is 0. The van der Waals surface area contributed by atoms with E-state index >= 15 is 0 Å². The van der Waals surface area contributed by atoms with Crippen molar-refractivity contribution in [3.8, 4) is 0 Å². The van der Waals surface area contributed by atoms with Crippen LogP contribution >= 0.6 is 0 Å². The van der Waals surface area contributed by atoms with Crippen molar-refractivity contribution in [2.45, 2.75) is 51.9 Å². The van der Waals surface area contributed by atoms with E-state index in [4.69, 9.17) is 5.11 Å². The maximum absolute atomic E-state index is 12.4. The molecular formula is C16H27NO3. The average Bonchev–Trinajstić information content (AvgIpc) is 2.44. The maximum atomic E-state index is 12.4. The van der Waals surface area contributed by atoms with Gasteiger partial charge < -0.3 is 10.0 Å². The molecule has 4 nitrogen and oxygen atoms in total. The summed E-state index contributed by atoms with van der Waals surface area (Å²) >= 11 is 0. The standard InChI is InChI=1S/C16H27NO3/c1-3-5-6-13-7-9-14(10-8-13)16(20)17(11-4-2)12-15(18)19/h4,13-14H,2-3,5-12H2,1H3,(H,18,19). The minimum Gasteiger partial charge on any atom is -0.480 e. The Balaban J connectivity index is 2.46. The SMILES string of the molecule is C=CCN(CC(=O)O)C(=O)C1CCC(CCCC)CC1. The minimum absolute atomic E-state index is 0.00664. The van der Waals surface area contributed by atoms with E-state index in [-0.39, 0.29) is 18.4 Å². The molecule has 0 aliphatic heterocycles. The molecule has 0 radical (unpaired) electrons. The molecule has 1 fully saturated rings. The van der Waals surface area contributed by atoms with Gasteiger partial charge in [0, 0.05) is 12.5 Å². The van der Waals surface area contributed by atoms with Crippen LogP contribution in [0.5, 0.6) is 0 Å². The van der Waals surface area contributed by atoms with Gasteiger partial charge in [-0.25, -0.2) is 0 Å². The van der Waals surface area contributed by atoms with Crippen molar-refractivity contribution in [1.29, 1.82) is 0 Å². The molecule has 1 aliphatic rings. The molecule has 0 heterocycles. The smallest absolute Gasteiger partial charge is 0.323 e. The molecule has 0 atom stereocenters. The number of carbonyl (C=O) groups is 2. The third-order valence-corrected chi connectivity index (χ3v) is 4.15. The second kappa shape index (κ2) is 8.77. The zero-order chi connectivity index (χ0) is 15.0. The number of hydrogen-bond acceptors (Lipinski definition) is 2. The lowest BCUT2D eigenvalue weighted by Gasteiger charge is -2.31. The van der Waals surface area contributed by atoms with Gasteiger partial charge in [-0.3, -0.25) is 9.59 Å². The van der Waals surface area contributed by atoms with Crippen LogP contribution in [0, 0.1) is 11.8 Å². The minimum atomic E-state index is -0.961. The lowest BCUT2D eigenvalue weighted by atomic mass is 9.79. The molecule has 114 valence electrons. The molecule has 4 heteroatoms. The fourth-order valence-corrected chi connectivity index (χ4v) is 3.00. The predicted octanol–water partition coefficient (Wildman–Crippen LogP) is 3.08. The van der Waals surface area contributed by atoms with Crippen molar-refractivity contribution in [3.63, 3.8) is 0 Å². The Morgan fingerprint density at radius 3 is 2.45 bits per heavy atom. The number of carbonyl (C=O) groups excluding carboxylic acids is 1. The summed E-state index contributed by atoms with van der Waals surface area (Å²) in [4.78, 5) is 24.6. The van der Waals surface area contributed by atoms with E-state index in [1.807, 2.05) is 0 Å². The largest absolute Gasteiger partial charge is 0.480 e. The number of aliphatic carboxylic acids is 1. The van der Waals surface area contributed by atoms with Gasteiger partial charge in [0.15, 0.2) is 0 Å². The van der Waals surface area contributed by atoms with Crippen molar-refractivity contribution >= 4 is 11.9 Å². The third kappa shape index (κ3) is 5.35. The van der Waals surface area contributed by atoms with Gasteiger partial charge in [-0.1, -0.05) is 32.3 Å². The van der Waals surface area contributed by atoms with E-state index in [0.717, 1.165) is 31.6 Å². The molecule has 20 heavy (non-hydrogen) atoms. The van der Waals surface area contributed by atoms with Gasteiger partial charge in [0.2, 0.25) is 5.91 Å². The van der Waals surface area contributed by atoms with Crippen LogP contribution in [0.25, 0.3) is 0 Å². The van der Waals surface area contributed by atoms with Crippen molar-refractivity contribution in [2.75, 3.05) is 13.1 Å². The number of nitrogens with zero attached hydrogens (tertiary/aromatic N) is 1. The summed E-state index contributed by atoms with van der Waals surface area (Å²) in [5, 5.41) is 8.87. The van der Waals surface area contributed by atoms with Crippen molar-refractivity contribution in [3.05, 3.63) is 12.7 Å². The topological polar surface area (TPSA) is 57.6 Å². The quantitative estimate of drug-likeness (QED) is 0.696. The Kier molecular flexibility index (Phi) is 7.34. The average molecular weight is 281 g/mol. The van der Waals surface area contributed by atoms with Gasteiger partial charge >= 0.3 is 5.97 Å². The monoisotopic (exact) mass is 281 g/mol. The van der Waals surface area contributed by atoms with E-state index in [1.54, 1.807) is 6.08 Å². The summed E-state index contributed by atoms with van der Waals surface area (Å²) in [6, 6.07) is 0. The first-order chi connectivity index (χ1) is 9.58. The van der Waals surface area contributed by atoms with E-state index in [9.17, 15) is 9.59 Å². The second-order valence-electron chi connectivity index (χ2n) is 5.76. The van der Waals surface area contributed by atoms with Gasteiger partial charge in [-0.15, -0.1) is 6.58 Å². The van der Waals surface area contributed by atoms with Crippen molar-refractivity contribution in [2.24, 2.45) is 11.8 Å². The molecule has 1 aliphatic carbocycles. The Hall–Kier alpha value is -1.32. The number of unbranched alkanes of at least 4 members (excludes halogenated alkanes) is 1. The number of amides is 1. The van der Waals surface area contributed by atoms with Crippen LogP contribution in [0.1, 0.15) is 51.9 Å². The number of hydrogen-bond donors (Lipinski definition) is 1. The summed E-state index contributed by atoms with van der Waals surface area (Å²) in [7, 11) is 0. The lowest BCUT2D eigenvalue weighted by molar-refractivity contribution is -0.146. The summed E-state index contributed by atoms with van der Waals surface area (Å²) in [6.45, 7) is 5.90. The molecule has 0 aromatic rings. The second-order valence-corrected chi connectivity index (χ2v) is 5.76. The van der Waals surface area contributed by atoms with Crippen LogP contribution in [-0.2, 0) is 9.59 Å². The molecule has 0 aromatic carbocycles. The lowest BCUT2D eigenvalue weighted by Crippen LogP contribution is -2.40. The molecule has 0 spiro atoms. The number of carboxylic acids is 1. The summed E-state index contributed by atoms with van der Waals surface area (Å²) < 4.78 is 0. The van der Waals surface area contributed by atoms with Crippen LogP contribution < -0.4 is 0 Å². The first kappa shape index (κ1) is 16.7. The third-order valence-electron chi connectivity index (χ3n) is 4.15. The van der Waals surface area contributed by atoms with Crippen LogP contribution in [0.15, 0.2) is 12.7 Å². The zero-order valence-corrected chi connectivity index (χ0v) is 12.5. The fraction of sp³-hybridized carbons (Fsp3) is 0.750. The van der Waals surface area contributed by atoms with Crippen LogP contribution in [0.2, 0.25) is 0 Å². The van der Waals surface area contributed by atoms with Crippen LogP contribution in [-0.4, -0.2) is 35.0 Å². The van der Waals surface area contributed by atoms with Crippen molar-refractivity contribution in [1.82, 2.24) is 4.90 Å². The molecule has 0 saturated heterocycles. The molecule has 1 N–H and O–H groups in total. The van der Waals surface area contributed by atoms with E-state index in [0.29, 0.717) is 6.54 Å². The Morgan fingerprint density at radius 2 is 1.95 bits per heavy atom. The highest BCUT2D eigenvalue weighted by Crippen LogP contribution is 2.32. The zero-order valence-electron chi connectivity index (χ0n) is 12.5. The Labute approximate surface area is 121 Å². The Bertz CT molecular complexity index is 333. The normalized spacial score (nSPS) is 22.2. The molecule has 0 unspecified atom stereocenters. The van der Waals surface area contributed by atoms with Crippen LogP contribution in [0.4, 0.5) is 0 Å². The highest BCUT2D eigenvalue weighted by atomic mass is 16.4. The fourth-order valence-electron chi connectivity index (χ4n) is 3.00. The van der Waals surface area contributed by atoms with Gasteiger partial charge in [0.1, 0.15) is 6.54 Å². The van der Waals surface area contributed by atoms with Gasteiger partial charge in [-0.05, 0) is 31.6 Å². The number of carboxylic acid groups (broad SMARTS) is 1. The molecular weight excluding hydrogens is 254 g/mol. The number of rotatable bonds is 8. The summed E-state index contributed by atoms with van der Waals surface area (Å²) in [5.74, 6) is -0.212. The summed E-state index contributed by atoms with van der Waals surface area (Å²) in [6.07, 6.45) is 9.36. The van der Waals surface area contributed by atoms with E-state index in [1.165, 1.54) is 24.2 Å². The van der Waals surface area contributed by atoms with Gasteiger partial charge in [-0.2, -0.15) is 0 Å². The highest BCUT2D eigenvalue weighted by molar-refractivity contribution is 5.83. The first-order valence-corrected chi connectivity index (χ1v) is 7.69. The highest BCUT2D eigenvalue weighted by Gasteiger charge is 2.29. The van der Waals surface area contributed by atoms with Gasteiger partial charge in [0.25, 0.3) is 0 Å². The van der Waals surface area contributed by atoms with Crippen LogP contribution in [0.3, 0.4) is 0 Å². The molecule has 1 saturated carbocycles. The molecule has 0 bridgehead atoms. The molecule has 1 amide bonds. The first-order valence-electron chi connectivity index (χ1n) is 7.69. The van der Waals surface area contributed by atoms with Gasteiger partial charge in [0.05, 0.1) is 0 Å². The molecule has 1 rings (SSSR count).